The summed E-state index contributed by atoms with van der Waals surface area (Å²) in [5, 5.41) is 3.03. The number of anilines is 2. The monoisotopic (exact) mass is 503 g/mol. The van der Waals surface area contributed by atoms with Gasteiger partial charge in [-0.1, -0.05) is 13.5 Å². The van der Waals surface area contributed by atoms with E-state index in [2.05, 4.69) is 43.7 Å². The molecule has 0 aliphatic carbocycles. The smallest absolute Gasteiger partial charge is 0.229 e. The number of nitrogens with one attached hydrogen (secondary N) is 1. The molecule has 1 aliphatic heterocycles. The van der Waals surface area contributed by atoms with Crippen molar-refractivity contribution >= 4 is 28.4 Å². The van der Waals surface area contributed by atoms with E-state index in [9.17, 15) is 8.78 Å². The number of hydrogen-bond donors (Lipinski definition) is 1. The molecule has 1 aromatic carbocycles. The first-order valence-corrected chi connectivity index (χ1v) is 12.6. The first kappa shape index (κ1) is 25.0. The minimum absolute atomic E-state index is 0.000770. The molecule has 192 valence electrons. The number of hydrogen-bond acceptors (Lipinski definition) is 6. The molecule has 1 aliphatic rings. The quantitative estimate of drug-likeness (QED) is 0.326. The standard InChI is InChI=1S/C28H31F2N7/c1-6-36-10-9-20(15-36)17(4)19-7-8-25(31-13-19)34-28-32-14-23(30)26(35-28)21-11-22(29)27-24(12-21)37(16(2)3)18(5)33-27/h7-8,11-14,16,20H,4,6,9-10,15H2,1-3,5H3,(H,31,32,34,35). The van der Waals surface area contributed by atoms with Crippen molar-refractivity contribution in [3.8, 4) is 11.3 Å². The van der Waals surface area contributed by atoms with Crippen molar-refractivity contribution in [2.24, 2.45) is 5.92 Å². The second-order valence-corrected chi connectivity index (χ2v) is 9.80. The molecule has 4 heterocycles. The molecule has 4 aromatic rings. The number of halogens is 2. The van der Waals surface area contributed by atoms with Crippen LogP contribution in [-0.4, -0.2) is 49.0 Å². The zero-order chi connectivity index (χ0) is 26.3. The van der Waals surface area contributed by atoms with E-state index >= 15 is 0 Å². The van der Waals surface area contributed by atoms with Gasteiger partial charge in [-0.25, -0.2) is 28.7 Å². The van der Waals surface area contributed by atoms with Crippen molar-refractivity contribution in [3.63, 3.8) is 0 Å². The maximum absolute atomic E-state index is 14.9. The summed E-state index contributed by atoms with van der Waals surface area (Å²) in [7, 11) is 0. The van der Waals surface area contributed by atoms with Crippen molar-refractivity contribution in [2.45, 2.75) is 40.2 Å². The third-order valence-corrected chi connectivity index (χ3v) is 7.05. The van der Waals surface area contributed by atoms with Crippen LogP contribution in [0.25, 0.3) is 27.9 Å². The number of rotatable bonds is 7. The molecule has 5 rings (SSSR count). The van der Waals surface area contributed by atoms with E-state index in [-0.39, 0.29) is 23.2 Å². The molecule has 1 fully saturated rings. The van der Waals surface area contributed by atoms with Gasteiger partial charge < -0.3 is 14.8 Å². The topological polar surface area (TPSA) is 71.8 Å². The Balaban J connectivity index is 1.40. The Morgan fingerprint density at radius 2 is 1.95 bits per heavy atom. The molecule has 3 aromatic heterocycles. The molecule has 1 N–H and O–H groups in total. The molecule has 1 atom stereocenters. The Kier molecular flexibility index (Phi) is 6.72. The van der Waals surface area contributed by atoms with Crippen LogP contribution in [0.3, 0.4) is 0 Å². The van der Waals surface area contributed by atoms with Crippen molar-refractivity contribution in [1.82, 2.24) is 29.4 Å². The zero-order valence-electron chi connectivity index (χ0n) is 21.6. The van der Waals surface area contributed by atoms with E-state index in [1.54, 1.807) is 12.3 Å². The highest BCUT2D eigenvalue weighted by atomic mass is 19.1. The second kappa shape index (κ2) is 9.97. The highest BCUT2D eigenvalue weighted by molar-refractivity contribution is 5.83. The third kappa shape index (κ3) is 4.83. The molecular formula is C28H31F2N7. The molecule has 7 nitrogen and oxygen atoms in total. The summed E-state index contributed by atoms with van der Waals surface area (Å²) in [4.78, 5) is 19.7. The molecule has 0 spiro atoms. The van der Waals surface area contributed by atoms with Crippen LogP contribution in [0.2, 0.25) is 0 Å². The van der Waals surface area contributed by atoms with Crippen LogP contribution < -0.4 is 5.32 Å². The summed E-state index contributed by atoms with van der Waals surface area (Å²) in [5.41, 5.74) is 3.25. The van der Waals surface area contributed by atoms with Crippen LogP contribution in [0.15, 0.2) is 43.2 Å². The van der Waals surface area contributed by atoms with Gasteiger partial charge in [0.25, 0.3) is 0 Å². The van der Waals surface area contributed by atoms with E-state index in [1.165, 1.54) is 6.07 Å². The predicted molar refractivity (Wildman–Crippen MR) is 143 cm³/mol. The van der Waals surface area contributed by atoms with Gasteiger partial charge in [-0.15, -0.1) is 0 Å². The predicted octanol–water partition coefficient (Wildman–Crippen LogP) is 6.15. The molecular weight excluding hydrogens is 472 g/mol. The summed E-state index contributed by atoms with van der Waals surface area (Å²) < 4.78 is 31.7. The maximum atomic E-state index is 14.9. The third-order valence-electron chi connectivity index (χ3n) is 7.05. The van der Waals surface area contributed by atoms with E-state index in [0.717, 1.165) is 43.4 Å². The Labute approximate surface area is 215 Å². The van der Waals surface area contributed by atoms with Crippen LogP contribution in [0.4, 0.5) is 20.5 Å². The molecule has 0 amide bonds. The summed E-state index contributed by atoms with van der Waals surface area (Å²) in [6.45, 7) is 15.4. The molecule has 0 saturated carbocycles. The molecule has 9 heteroatoms. The molecule has 0 bridgehead atoms. The van der Waals surface area contributed by atoms with Gasteiger partial charge in [-0.3, -0.25) is 0 Å². The van der Waals surface area contributed by atoms with Gasteiger partial charge in [0.15, 0.2) is 11.6 Å². The Bertz CT molecular complexity index is 1460. The number of aromatic nitrogens is 5. The number of nitrogens with zero attached hydrogens (tertiary/aromatic N) is 6. The lowest BCUT2D eigenvalue weighted by atomic mass is 9.94. The lowest BCUT2D eigenvalue weighted by molar-refractivity contribution is 0.352. The van der Waals surface area contributed by atoms with Crippen LogP contribution in [-0.2, 0) is 0 Å². The van der Waals surface area contributed by atoms with Gasteiger partial charge in [0.2, 0.25) is 5.95 Å². The fourth-order valence-electron chi connectivity index (χ4n) is 5.10. The lowest BCUT2D eigenvalue weighted by Gasteiger charge is -2.15. The summed E-state index contributed by atoms with van der Waals surface area (Å²) >= 11 is 0. The Hall–Kier alpha value is -3.72. The van der Waals surface area contributed by atoms with Gasteiger partial charge in [0.1, 0.15) is 22.9 Å². The first-order valence-electron chi connectivity index (χ1n) is 12.6. The first-order chi connectivity index (χ1) is 17.7. The molecule has 1 unspecified atom stereocenters. The van der Waals surface area contributed by atoms with E-state index in [0.29, 0.717) is 28.6 Å². The number of benzene rings is 1. The Morgan fingerprint density at radius 1 is 1.14 bits per heavy atom. The summed E-state index contributed by atoms with van der Waals surface area (Å²) in [6.07, 6.45) is 3.96. The van der Waals surface area contributed by atoms with Gasteiger partial charge in [-0.05, 0) is 81.6 Å². The lowest BCUT2D eigenvalue weighted by Crippen LogP contribution is -2.20. The molecule has 37 heavy (non-hydrogen) atoms. The average Bonchev–Trinajstić information content (AvgIpc) is 3.49. The molecule has 0 radical (unpaired) electrons. The van der Waals surface area contributed by atoms with Crippen molar-refractivity contribution in [3.05, 3.63) is 66.3 Å². The highest BCUT2D eigenvalue weighted by Crippen LogP contribution is 2.32. The minimum atomic E-state index is -0.645. The van der Waals surface area contributed by atoms with E-state index in [4.69, 9.17) is 0 Å². The second-order valence-electron chi connectivity index (χ2n) is 9.80. The largest absolute Gasteiger partial charge is 0.326 e. The number of aryl methyl sites for hydroxylation is 1. The van der Waals surface area contributed by atoms with Gasteiger partial charge in [0, 0.05) is 24.3 Å². The van der Waals surface area contributed by atoms with E-state index in [1.807, 2.05) is 37.5 Å². The Morgan fingerprint density at radius 3 is 2.62 bits per heavy atom. The van der Waals surface area contributed by atoms with Gasteiger partial charge in [0.05, 0.1) is 11.7 Å². The van der Waals surface area contributed by atoms with Gasteiger partial charge >= 0.3 is 0 Å². The number of likely N-dealkylation sites (tertiary alicyclic amines) is 1. The van der Waals surface area contributed by atoms with Gasteiger partial charge in [-0.2, -0.15) is 0 Å². The van der Waals surface area contributed by atoms with Crippen molar-refractivity contribution in [2.75, 3.05) is 25.0 Å². The van der Waals surface area contributed by atoms with Crippen molar-refractivity contribution < 1.29 is 8.78 Å². The van der Waals surface area contributed by atoms with Crippen LogP contribution in [0.5, 0.6) is 0 Å². The maximum Gasteiger partial charge on any atom is 0.229 e. The SMILES string of the molecule is C=C(c1ccc(Nc2ncc(F)c(-c3cc(F)c4nc(C)n(C(C)C)c4c3)n2)nc1)C1CCN(CC)C1. The zero-order valence-corrected chi connectivity index (χ0v) is 21.6. The molecule has 1 saturated heterocycles. The summed E-state index contributed by atoms with van der Waals surface area (Å²) in [5.74, 6) is 0.638. The highest BCUT2D eigenvalue weighted by Gasteiger charge is 2.24. The number of imidazole rings is 1. The van der Waals surface area contributed by atoms with Crippen molar-refractivity contribution in [1.29, 1.82) is 0 Å². The number of fused-ring (bicyclic) bond motifs is 1. The minimum Gasteiger partial charge on any atom is -0.326 e. The van der Waals surface area contributed by atoms with Crippen LogP contribution >= 0.6 is 0 Å². The average molecular weight is 504 g/mol. The fraction of sp³-hybridized carbons (Fsp3) is 0.357. The van der Waals surface area contributed by atoms with Crippen LogP contribution in [0.1, 0.15) is 44.6 Å². The number of pyridine rings is 1. The fourth-order valence-corrected chi connectivity index (χ4v) is 5.10. The van der Waals surface area contributed by atoms with Crippen LogP contribution in [0, 0.1) is 24.5 Å². The van der Waals surface area contributed by atoms with E-state index < -0.39 is 11.6 Å². The normalized spacial score (nSPS) is 16.1. The summed E-state index contributed by atoms with van der Waals surface area (Å²) in [6, 6.07) is 6.84.